The van der Waals surface area contributed by atoms with Crippen molar-refractivity contribution in [3.8, 4) is 0 Å². The number of piperidine rings is 1. The van der Waals surface area contributed by atoms with Crippen LogP contribution in [0.1, 0.15) is 46.4 Å². The van der Waals surface area contributed by atoms with Crippen LogP contribution in [0.15, 0.2) is 18.6 Å². The first-order chi connectivity index (χ1) is 11.1. The van der Waals surface area contributed by atoms with E-state index in [0.29, 0.717) is 5.69 Å². The molecule has 1 saturated heterocycles. The summed E-state index contributed by atoms with van der Waals surface area (Å²) in [7, 11) is 1.90. The van der Waals surface area contributed by atoms with Gasteiger partial charge < -0.3 is 4.90 Å². The zero-order valence-corrected chi connectivity index (χ0v) is 14.0. The van der Waals surface area contributed by atoms with Crippen molar-refractivity contribution in [3.63, 3.8) is 0 Å². The minimum Gasteiger partial charge on any atom is -0.330 e. The third kappa shape index (κ3) is 2.52. The molecule has 0 N–H and O–H groups in total. The van der Waals surface area contributed by atoms with Gasteiger partial charge in [0.1, 0.15) is 10.7 Å². The van der Waals surface area contributed by atoms with E-state index in [4.69, 9.17) is 0 Å². The molecule has 23 heavy (non-hydrogen) atoms. The largest absolute Gasteiger partial charge is 0.330 e. The Morgan fingerprint density at radius 3 is 2.96 bits per heavy atom. The summed E-state index contributed by atoms with van der Waals surface area (Å²) in [6.07, 6.45) is 8.71. The monoisotopic (exact) mass is 330 g/mol. The van der Waals surface area contributed by atoms with Crippen molar-refractivity contribution in [2.24, 2.45) is 7.05 Å². The number of carbonyl (C=O) groups is 1. The van der Waals surface area contributed by atoms with Crippen molar-refractivity contribution < 1.29 is 4.79 Å². The van der Waals surface area contributed by atoms with Crippen LogP contribution in [-0.2, 0) is 7.05 Å². The molecular formula is C15H18N6OS. The Balaban J connectivity index is 1.65. The second-order valence-electron chi connectivity index (χ2n) is 5.93. The Morgan fingerprint density at radius 2 is 2.22 bits per heavy atom. The first-order valence-corrected chi connectivity index (χ1v) is 8.56. The predicted octanol–water partition coefficient (Wildman–Crippen LogP) is 2.20. The molecule has 1 aliphatic heterocycles. The van der Waals surface area contributed by atoms with E-state index in [-0.39, 0.29) is 11.9 Å². The van der Waals surface area contributed by atoms with Gasteiger partial charge in [0.05, 0.1) is 18.4 Å². The van der Waals surface area contributed by atoms with Crippen LogP contribution in [0, 0.1) is 6.92 Å². The number of rotatable bonds is 2. The number of imidazole rings is 1. The van der Waals surface area contributed by atoms with Crippen molar-refractivity contribution >= 4 is 22.2 Å². The lowest BCUT2D eigenvalue weighted by atomic mass is 9.97. The maximum atomic E-state index is 12.9. The van der Waals surface area contributed by atoms with Crippen molar-refractivity contribution in [1.82, 2.24) is 29.3 Å². The van der Waals surface area contributed by atoms with E-state index in [9.17, 15) is 4.79 Å². The Labute approximate surface area is 137 Å². The van der Waals surface area contributed by atoms with Crippen LogP contribution in [-0.4, -0.2) is 41.7 Å². The molecule has 4 heterocycles. The standard InChI is InChI=1S/C15H18N6OS/c1-10-18-21-9-12(17-15(21)23-10)14(22)20-6-4-3-5-13(20)11-7-16-19(2)8-11/h7-9,13H,3-6H2,1-2H3. The maximum Gasteiger partial charge on any atom is 0.274 e. The molecule has 0 bridgehead atoms. The predicted molar refractivity (Wildman–Crippen MR) is 86.4 cm³/mol. The van der Waals surface area contributed by atoms with Crippen molar-refractivity contribution in [3.05, 3.63) is 34.9 Å². The highest BCUT2D eigenvalue weighted by Gasteiger charge is 2.31. The van der Waals surface area contributed by atoms with E-state index < -0.39 is 0 Å². The van der Waals surface area contributed by atoms with E-state index in [1.54, 1.807) is 15.4 Å². The normalized spacial score (nSPS) is 18.7. The smallest absolute Gasteiger partial charge is 0.274 e. The van der Waals surface area contributed by atoms with Crippen LogP contribution in [0.3, 0.4) is 0 Å². The van der Waals surface area contributed by atoms with Crippen molar-refractivity contribution in [1.29, 1.82) is 0 Å². The van der Waals surface area contributed by atoms with Gasteiger partial charge in [-0.15, -0.1) is 0 Å². The quantitative estimate of drug-likeness (QED) is 0.722. The lowest BCUT2D eigenvalue weighted by Gasteiger charge is -2.34. The van der Waals surface area contributed by atoms with Crippen LogP contribution >= 0.6 is 11.3 Å². The van der Waals surface area contributed by atoms with Crippen LogP contribution in [0.2, 0.25) is 0 Å². The summed E-state index contributed by atoms with van der Waals surface area (Å²) in [4.78, 5) is 20.1. The summed E-state index contributed by atoms with van der Waals surface area (Å²) < 4.78 is 3.47. The Bertz CT molecular complexity index is 831. The van der Waals surface area contributed by atoms with Gasteiger partial charge in [-0.25, -0.2) is 9.50 Å². The molecule has 120 valence electrons. The first kappa shape index (κ1) is 14.4. The van der Waals surface area contributed by atoms with Crippen molar-refractivity contribution in [2.75, 3.05) is 6.54 Å². The molecule has 0 saturated carbocycles. The molecule has 1 atom stereocenters. The topological polar surface area (TPSA) is 68.3 Å². The van der Waals surface area contributed by atoms with E-state index >= 15 is 0 Å². The number of fused-ring (bicyclic) bond motifs is 1. The highest BCUT2D eigenvalue weighted by atomic mass is 32.1. The van der Waals surface area contributed by atoms with Gasteiger partial charge in [-0.1, -0.05) is 11.3 Å². The number of hydrogen-bond acceptors (Lipinski definition) is 5. The fourth-order valence-electron chi connectivity index (χ4n) is 3.18. The van der Waals surface area contributed by atoms with Crippen LogP contribution in [0.25, 0.3) is 4.96 Å². The summed E-state index contributed by atoms with van der Waals surface area (Å²) in [5, 5.41) is 9.52. The van der Waals surface area contributed by atoms with Gasteiger partial charge in [-0.3, -0.25) is 9.48 Å². The number of amides is 1. The summed E-state index contributed by atoms with van der Waals surface area (Å²) in [6, 6.07) is 0.0828. The number of hydrogen-bond donors (Lipinski definition) is 0. The Hall–Kier alpha value is -2.22. The van der Waals surface area contributed by atoms with E-state index in [0.717, 1.165) is 41.3 Å². The average molecular weight is 330 g/mol. The molecule has 0 spiro atoms. The molecule has 3 aromatic heterocycles. The fourth-order valence-corrected chi connectivity index (χ4v) is 3.91. The SMILES string of the molecule is Cc1nn2cc(C(=O)N3CCCCC3c3cnn(C)c3)nc2s1. The van der Waals surface area contributed by atoms with Crippen molar-refractivity contribution in [2.45, 2.75) is 32.2 Å². The molecule has 7 nitrogen and oxygen atoms in total. The van der Waals surface area contributed by atoms with Gasteiger partial charge in [-0.2, -0.15) is 10.2 Å². The van der Waals surface area contributed by atoms with Crippen LogP contribution in [0.5, 0.6) is 0 Å². The maximum absolute atomic E-state index is 12.9. The van der Waals surface area contributed by atoms with E-state index in [1.807, 2.05) is 31.3 Å². The summed E-state index contributed by atoms with van der Waals surface area (Å²) in [6.45, 7) is 2.69. The highest BCUT2D eigenvalue weighted by molar-refractivity contribution is 7.16. The summed E-state index contributed by atoms with van der Waals surface area (Å²) in [5.41, 5.74) is 1.56. The van der Waals surface area contributed by atoms with Gasteiger partial charge >= 0.3 is 0 Å². The number of likely N-dealkylation sites (tertiary alicyclic amines) is 1. The van der Waals surface area contributed by atoms with Gasteiger partial charge in [-0.05, 0) is 26.2 Å². The number of aryl methyl sites for hydroxylation is 2. The number of aromatic nitrogens is 5. The number of carbonyl (C=O) groups excluding carboxylic acids is 1. The number of nitrogens with zero attached hydrogens (tertiary/aromatic N) is 6. The summed E-state index contributed by atoms with van der Waals surface area (Å²) in [5.74, 6) is -0.0195. The zero-order valence-electron chi connectivity index (χ0n) is 13.1. The first-order valence-electron chi connectivity index (χ1n) is 7.74. The third-order valence-corrected chi connectivity index (χ3v) is 5.07. The van der Waals surface area contributed by atoms with E-state index in [2.05, 4.69) is 15.2 Å². The molecule has 0 aliphatic carbocycles. The average Bonchev–Trinajstić information content (AvgIpc) is 3.21. The Morgan fingerprint density at radius 1 is 1.35 bits per heavy atom. The van der Waals surface area contributed by atoms with E-state index in [1.165, 1.54) is 11.3 Å². The Kier molecular flexibility index (Phi) is 3.41. The molecule has 1 aliphatic rings. The lowest BCUT2D eigenvalue weighted by Crippen LogP contribution is -2.38. The lowest BCUT2D eigenvalue weighted by molar-refractivity contribution is 0.0606. The second kappa shape index (κ2) is 5.45. The second-order valence-corrected chi connectivity index (χ2v) is 7.09. The highest BCUT2D eigenvalue weighted by Crippen LogP contribution is 2.31. The molecule has 0 radical (unpaired) electrons. The molecular weight excluding hydrogens is 312 g/mol. The fraction of sp³-hybridized carbons (Fsp3) is 0.467. The zero-order chi connectivity index (χ0) is 16.0. The van der Waals surface area contributed by atoms with Gasteiger partial charge in [0.25, 0.3) is 5.91 Å². The molecule has 3 aromatic rings. The minimum atomic E-state index is -0.0195. The summed E-state index contributed by atoms with van der Waals surface area (Å²) >= 11 is 1.49. The van der Waals surface area contributed by atoms with Crippen LogP contribution < -0.4 is 0 Å². The molecule has 4 rings (SSSR count). The van der Waals surface area contributed by atoms with Gasteiger partial charge in [0.15, 0.2) is 0 Å². The van der Waals surface area contributed by atoms with Crippen LogP contribution in [0.4, 0.5) is 0 Å². The molecule has 1 amide bonds. The van der Waals surface area contributed by atoms with Gasteiger partial charge in [0.2, 0.25) is 4.96 Å². The molecule has 1 fully saturated rings. The molecule has 0 aromatic carbocycles. The minimum absolute atomic E-state index is 0.0195. The molecule has 8 heteroatoms. The molecule has 1 unspecified atom stereocenters. The van der Waals surface area contributed by atoms with Gasteiger partial charge in [0, 0.05) is 25.4 Å². The third-order valence-electron chi connectivity index (χ3n) is 4.24.